The normalized spacial score (nSPS) is 11.9. The Kier molecular flexibility index (Phi) is 24.5. The van der Waals surface area contributed by atoms with Crippen molar-refractivity contribution in [2.45, 2.75) is 162 Å². The molecule has 188 valence electrons. The van der Waals surface area contributed by atoms with Gasteiger partial charge in [-0.15, -0.1) is 0 Å². The molecular weight excluding hydrogens is 404 g/mol. The molecule has 0 aliphatic rings. The molecule has 0 fully saturated rings. The fraction of sp³-hybridized carbons (Fsp3) is 1.00. The summed E-state index contributed by atoms with van der Waals surface area (Å²) in [5, 5.41) is 0. The van der Waals surface area contributed by atoms with Gasteiger partial charge in [0.1, 0.15) is 0 Å². The molecular formula is C27H56O3S. The first-order valence-corrected chi connectivity index (χ1v) is 15.6. The maximum atomic E-state index is 11.9. The van der Waals surface area contributed by atoms with E-state index in [0.29, 0.717) is 6.61 Å². The third-order valence-electron chi connectivity index (χ3n) is 6.26. The molecule has 0 aromatic rings. The van der Waals surface area contributed by atoms with E-state index in [4.69, 9.17) is 4.18 Å². The Bertz CT molecular complexity index is 434. The highest BCUT2D eigenvalue weighted by atomic mass is 32.2. The lowest BCUT2D eigenvalue weighted by Gasteiger charge is -2.06. The first-order valence-electron chi connectivity index (χ1n) is 14.0. The van der Waals surface area contributed by atoms with Gasteiger partial charge in [-0.05, 0) is 12.8 Å². The molecule has 0 spiro atoms. The molecule has 0 aromatic carbocycles. The van der Waals surface area contributed by atoms with Crippen LogP contribution in [0.4, 0.5) is 0 Å². The molecule has 0 saturated carbocycles. The zero-order chi connectivity index (χ0) is 22.9. The van der Waals surface area contributed by atoms with E-state index in [9.17, 15) is 8.42 Å². The van der Waals surface area contributed by atoms with Crippen molar-refractivity contribution in [3.63, 3.8) is 0 Å². The van der Waals surface area contributed by atoms with Gasteiger partial charge in [-0.25, -0.2) is 0 Å². The van der Waals surface area contributed by atoms with Gasteiger partial charge in [0.25, 0.3) is 10.1 Å². The van der Waals surface area contributed by atoms with Crippen LogP contribution in [0.5, 0.6) is 0 Å². The van der Waals surface area contributed by atoms with E-state index in [1.165, 1.54) is 116 Å². The molecule has 0 radical (unpaired) electrons. The monoisotopic (exact) mass is 460 g/mol. The van der Waals surface area contributed by atoms with Crippen LogP contribution in [0, 0.1) is 0 Å². The summed E-state index contributed by atoms with van der Waals surface area (Å²) in [4.78, 5) is 0. The molecule has 3 nitrogen and oxygen atoms in total. The van der Waals surface area contributed by atoms with E-state index < -0.39 is 10.1 Å². The van der Waals surface area contributed by atoms with E-state index in [0.717, 1.165) is 32.1 Å². The molecule has 0 aliphatic carbocycles. The van der Waals surface area contributed by atoms with Crippen molar-refractivity contribution in [1.82, 2.24) is 0 Å². The summed E-state index contributed by atoms with van der Waals surface area (Å²) < 4.78 is 29.0. The minimum absolute atomic E-state index is 0.194. The van der Waals surface area contributed by atoms with E-state index in [-0.39, 0.29) is 5.75 Å². The van der Waals surface area contributed by atoms with Crippen molar-refractivity contribution in [2.24, 2.45) is 0 Å². The second kappa shape index (κ2) is 24.6. The Morgan fingerprint density at radius 3 is 1.06 bits per heavy atom. The maximum absolute atomic E-state index is 11.9. The standard InChI is InChI=1S/C27H56O3S/c1-3-5-7-9-11-12-13-14-15-16-17-18-19-20-22-24-26-30-31(28,29)27-25-23-21-10-8-6-4-2/h3-27H2,1-2H3. The van der Waals surface area contributed by atoms with Crippen LogP contribution in [0.3, 0.4) is 0 Å². The van der Waals surface area contributed by atoms with E-state index in [2.05, 4.69) is 13.8 Å². The van der Waals surface area contributed by atoms with Gasteiger partial charge in [0, 0.05) is 0 Å². The highest BCUT2D eigenvalue weighted by Gasteiger charge is 2.10. The van der Waals surface area contributed by atoms with Crippen LogP contribution in [0.2, 0.25) is 0 Å². The van der Waals surface area contributed by atoms with Crippen molar-refractivity contribution in [2.75, 3.05) is 12.4 Å². The second-order valence-corrected chi connectivity index (χ2v) is 11.3. The zero-order valence-electron chi connectivity index (χ0n) is 21.3. The van der Waals surface area contributed by atoms with Crippen LogP contribution in [0.1, 0.15) is 162 Å². The summed E-state index contributed by atoms with van der Waals surface area (Å²) in [5.41, 5.74) is 0. The lowest BCUT2D eigenvalue weighted by atomic mass is 10.0. The van der Waals surface area contributed by atoms with Crippen molar-refractivity contribution in [3.8, 4) is 0 Å². The smallest absolute Gasteiger partial charge is 0.267 e. The van der Waals surface area contributed by atoms with Gasteiger partial charge in [-0.3, -0.25) is 4.18 Å². The van der Waals surface area contributed by atoms with Crippen LogP contribution < -0.4 is 0 Å². The fourth-order valence-electron chi connectivity index (χ4n) is 4.13. The summed E-state index contributed by atoms with van der Waals surface area (Å²) in [7, 11) is -3.30. The Morgan fingerprint density at radius 2 is 0.710 bits per heavy atom. The van der Waals surface area contributed by atoms with Crippen molar-refractivity contribution < 1.29 is 12.6 Å². The molecule has 4 heteroatoms. The topological polar surface area (TPSA) is 43.4 Å². The third-order valence-corrected chi connectivity index (χ3v) is 7.57. The van der Waals surface area contributed by atoms with Crippen LogP contribution in [-0.4, -0.2) is 20.8 Å². The number of hydrogen-bond acceptors (Lipinski definition) is 3. The first kappa shape index (κ1) is 30.9. The SMILES string of the molecule is CCCCCCCCCCCCCCCCCCOS(=O)(=O)CCCCCCCCC. The molecule has 0 rings (SSSR count). The Morgan fingerprint density at radius 1 is 0.419 bits per heavy atom. The molecule has 0 heterocycles. The number of hydrogen-bond donors (Lipinski definition) is 0. The highest BCUT2D eigenvalue weighted by Crippen LogP contribution is 2.14. The average Bonchev–Trinajstić information content (AvgIpc) is 2.75. The maximum Gasteiger partial charge on any atom is 0.267 e. The van der Waals surface area contributed by atoms with E-state index in [1.54, 1.807) is 0 Å². The summed E-state index contributed by atoms with van der Waals surface area (Å²) >= 11 is 0. The Hall–Kier alpha value is -0.0900. The van der Waals surface area contributed by atoms with Gasteiger partial charge >= 0.3 is 0 Å². The average molecular weight is 461 g/mol. The van der Waals surface area contributed by atoms with Crippen LogP contribution in [-0.2, 0) is 14.3 Å². The molecule has 0 bridgehead atoms. The van der Waals surface area contributed by atoms with E-state index in [1.807, 2.05) is 0 Å². The minimum atomic E-state index is -3.30. The van der Waals surface area contributed by atoms with Gasteiger partial charge in [-0.2, -0.15) is 8.42 Å². The molecule has 0 saturated heterocycles. The lowest BCUT2D eigenvalue weighted by Crippen LogP contribution is -2.11. The van der Waals surface area contributed by atoms with Gasteiger partial charge in [0.2, 0.25) is 0 Å². The molecule has 0 unspecified atom stereocenters. The number of rotatable bonds is 26. The quantitative estimate of drug-likeness (QED) is 0.0953. The highest BCUT2D eigenvalue weighted by molar-refractivity contribution is 7.86. The molecule has 0 amide bonds. The first-order chi connectivity index (χ1) is 15.1. The van der Waals surface area contributed by atoms with Crippen LogP contribution in [0.15, 0.2) is 0 Å². The summed E-state index contributed by atoms with van der Waals surface area (Å²) in [6, 6.07) is 0. The Labute approximate surface area is 196 Å². The third kappa shape index (κ3) is 26.0. The van der Waals surface area contributed by atoms with Gasteiger partial charge < -0.3 is 0 Å². The van der Waals surface area contributed by atoms with Crippen molar-refractivity contribution >= 4 is 10.1 Å². The fourth-order valence-corrected chi connectivity index (χ4v) is 5.18. The lowest BCUT2D eigenvalue weighted by molar-refractivity contribution is 0.305. The summed E-state index contributed by atoms with van der Waals surface area (Å²) in [6.07, 6.45) is 29.2. The van der Waals surface area contributed by atoms with E-state index >= 15 is 0 Å². The zero-order valence-corrected chi connectivity index (χ0v) is 22.1. The number of unbranched alkanes of at least 4 members (excludes halogenated alkanes) is 21. The van der Waals surface area contributed by atoms with Gasteiger partial charge in [0.05, 0.1) is 12.4 Å². The van der Waals surface area contributed by atoms with Gasteiger partial charge in [-0.1, -0.05) is 149 Å². The largest absolute Gasteiger partial charge is 0.270 e. The molecule has 0 N–H and O–H groups in total. The van der Waals surface area contributed by atoms with Crippen LogP contribution >= 0.6 is 0 Å². The minimum Gasteiger partial charge on any atom is -0.270 e. The van der Waals surface area contributed by atoms with Crippen LogP contribution in [0.25, 0.3) is 0 Å². The predicted molar refractivity (Wildman–Crippen MR) is 137 cm³/mol. The molecule has 0 aromatic heterocycles. The second-order valence-electron chi connectivity index (χ2n) is 9.51. The Balaban J connectivity index is 3.26. The van der Waals surface area contributed by atoms with Crippen molar-refractivity contribution in [3.05, 3.63) is 0 Å². The van der Waals surface area contributed by atoms with Gasteiger partial charge in [0.15, 0.2) is 0 Å². The predicted octanol–water partition coefficient (Wildman–Crippen LogP) is 9.34. The van der Waals surface area contributed by atoms with Crippen molar-refractivity contribution in [1.29, 1.82) is 0 Å². The summed E-state index contributed by atoms with van der Waals surface area (Å²) in [5.74, 6) is 0.194. The molecule has 31 heavy (non-hydrogen) atoms. The molecule has 0 atom stereocenters. The summed E-state index contributed by atoms with van der Waals surface area (Å²) in [6.45, 7) is 4.86. The molecule has 0 aliphatic heterocycles.